The number of para-hydroxylation sites is 1. The Balaban J connectivity index is 2.19. The number of H-pyrrole nitrogens is 1. The summed E-state index contributed by atoms with van der Waals surface area (Å²) in [5, 5.41) is 10.9. The topological polar surface area (TPSA) is 49.9 Å². The fraction of sp³-hybridized carbons (Fsp3) is 0.438. The van der Waals surface area contributed by atoms with Crippen molar-refractivity contribution in [3.8, 4) is 5.75 Å². The van der Waals surface area contributed by atoms with Crippen molar-refractivity contribution in [2.24, 2.45) is 0 Å². The molecule has 0 fully saturated rings. The number of aromatic amines is 1. The summed E-state index contributed by atoms with van der Waals surface area (Å²) in [6, 6.07) is 9.91. The fourth-order valence-corrected chi connectivity index (χ4v) is 2.21. The summed E-state index contributed by atoms with van der Waals surface area (Å²) in [6.07, 6.45) is 0.870. The van der Waals surface area contributed by atoms with E-state index >= 15 is 0 Å². The van der Waals surface area contributed by atoms with Crippen molar-refractivity contribution in [3.63, 3.8) is 0 Å². The maximum Gasteiger partial charge on any atom is 0.142 e. The third kappa shape index (κ3) is 3.39. The molecule has 0 saturated heterocycles. The molecule has 1 aromatic carbocycles. The Labute approximate surface area is 120 Å². The van der Waals surface area contributed by atoms with Crippen molar-refractivity contribution >= 4 is 0 Å². The number of aryl methyl sites for hydroxylation is 1. The summed E-state index contributed by atoms with van der Waals surface area (Å²) in [7, 11) is 0. The molecule has 0 amide bonds. The Morgan fingerprint density at radius 3 is 2.65 bits per heavy atom. The van der Waals surface area contributed by atoms with Crippen molar-refractivity contribution in [2.75, 3.05) is 6.54 Å². The summed E-state index contributed by atoms with van der Waals surface area (Å²) in [4.78, 5) is 0. The van der Waals surface area contributed by atoms with Gasteiger partial charge in [0.1, 0.15) is 17.5 Å². The van der Waals surface area contributed by atoms with Gasteiger partial charge in [-0.25, -0.2) is 0 Å². The summed E-state index contributed by atoms with van der Waals surface area (Å²) in [5.41, 5.74) is 3.33. The zero-order valence-electron chi connectivity index (χ0n) is 12.4. The molecule has 0 aliphatic carbocycles. The van der Waals surface area contributed by atoms with E-state index in [0.29, 0.717) is 0 Å². The van der Waals surface area contributed by atoms with Gasteiger partial charge in [0.2, 0.25) is 0 Å². The Bertz CT molecular complexity index is 522. The summed E-state index contributed by atoms with van der Waals surface area (Å²) in [5.74, 6) is 0.884. The van der Waals surface area contributed by atoms with Gasteiger partial charge < -0.3 is 10.1 Å². The van der Waals surface area contributed by atoms with Crippen LogP contribution in [0.25, 0.3) is 0 Å². The molecule has 1 aromatic heterocycles. The molecule has 0 bridgehead atoms. The first-order chi connectivity index (χ1) is 9.76. The lowest BCUT2D eigenvalue weighted by atomic mass is 10.1. The maximum atomic E-state index is 6.07. The minimum absolute atomic E-state index is 0.0176. The Hall–Kier alpha value is -1.81. The maximum absolute atomic E-state index is 6.07. The van der Waals surface area contributed by atoms with Gasteiger partial charge in [-0.1, -0.05) is 32.0 Å². The van der Waals surface area contributed by atoms with Gasteiger partial charge in [0, 0.05) is 17.8 Å². The predicted octanol–water partition coefficient (Wildman–Crippen LogP) is 3.36. The lowest BCUT2D eigenvalue weighted by Gasteiger charge is -2.17. The normalized spacial score (nSPS) is 12.3. The first-order valence-electron chi connectivity index (χ1n) is 7.22. The Morgan fingerprint density at radius 1 is 1.25 bits per heavy atom. The van der Waals surface area contributed by atoms with Gasteiger partial charge in [-0.2, -0.15) is 5.10 Å². The van der Waals surface area contributed by atoms with E-state index < -0.39 is 0 Å². The predicted molar refractivity (Wildman–Crippen MR) is 80.8 cm³/mol. The third-order valence-corrected chi connectivity index (χ3v) is 3.36. The SMILES string of the molecule is CCNCc1c(C(CC)Oc2ccccc2)n[nH]c1C. The van der Waals surface area contributed by atoms with Crippen molar-refractivity contribution in [3.05, 3.63) is 47.3 Å². The van der Waals surface area contributed by atoms with Gasteiger partial charge in [0.05, 0.1) is 0 Å². The van der Waals surface area contributed by atoms with Crippen LogP contribution in [0.4, 0.5) is 0 Å². The van der Waals surface area contributed by atoms with Gasteiger partial charge in [0.25, 0.3) is 0 Å². The minimum Gasteiger partial charge on any atom is -0.484 e. The van der Waals surface area contributed by atoms with Crippen molar-refractivity contribution in [1.82, 2.24) is 15.5 Å². The molecule has 4 heteroatoms. The number of rotatable bonds is 7. The second-order valence-electron chi connectivity index (χ2n) is 4.82. The van der Waals surface area contributed by atoms with E-state index in [2.05, 4.69) is 36.3 Å². The number of aromatic nitrogens is 2. The van der Waals surface area contributed by atoms with Gasteiger partial charge in [0.15, 0.2) is 0 Å². The third-order valence-electron chi connectivity index (χ3n) is 3.36. The second-order valence-corrected chi connectivity index (χ2v) is 4.82. The van der Waals surface area contributed by atoms with Gasteiger partial charge >= 0.3 is 0 Å². The highest BCUT2D eigenvalue weighted by molar-refractivity contribution is 5.28. The van der Waals surface area contributed by atoms with Gasteiger partial charge in [-0.05, 0) is 32.0 Å². The molecule has 0 aliphatic rings. The van der Waals surface area contributed by atoms with Crippen LogP contribution in [0.5, 0.6) is 5.75 Å². The molecule has 2 rings (SSSR count). The van der Waals surface area contributed by atoms with Crippen molar-refractivity contribution in [2.45, 2.75) is 39.8 Å². The van der Waals surface area contributed by atoms with Crippen LogP contribution in [0.1, 0.15) is 43.3 Å². The van der Waals surface area contributed by atoms with E-state index in [1.807, 2.05) is 30.3 Å². The summed E-state index contributed by atoms with van der Waals surface area (Å²) >= 11 is 0. The molecule has 108 valence electrons. The molecule has 20 heavy (non-hydrogen) atoms. The van der Waals surface area contributed by atoms with Crippen molar-refractivity contribution < 1.29 is 4.74 Å². The highest BCUT2D eigenvalue weighted by atomic mass is 16.5. The Morgan fingerprint density at radius 2 is 2.00 bits per heavy atom. The number of nitrogens with one attached hydrogen (secondary N) is 2. The molecular formula is C16H23N3O. The molecule has 0 aliphatic heterocycles. The lowest BCUT2D eigenvalue weighted by molar-refractivity contribution is 0.195. The number of benzene rings is 1. The van der Waals surface area contributed by atoms with Crippen LogP contribution in [0.3, 0.4) is 0 Å². The average Bonchev–Trinajstić information content (AvgIpc) is 2.84. The van der Waals surface area contributed by atoms with E-state index in [-0.39, 0.29) is 6.10 Å². The monoisotopic (exact) mass is 273 g/mol. The van der Waals surface area contributed by atoms with Crippen LogP contribution >= 0.6 is 0 Å². The molecule has 1 atom stereocenters. The highest BCUT2D eigenvalue weighted by Gasteiger charge is 2.20. The van der Waals surface area contributed by atoms with Crippen LogP contribution < -0.4 is 10.1 Å². The number of ether oxygens (including phenoxy) is 1. The molecular weight excluding hydrogens is 250 g/mol. The van der Waals surface area contributed by atoms with Crippen LogP contribution in [-0.4, -0.2) is 16.7 Å². The average molecular weight is 273 g/mol. The largest absolute Gasteiger partial charge is 0.484 e. The van der Waals surface area contributed by atoms with E-state index in [9.17, 15) is 0 Å². The molecule has 4 nitrogen and oxygen atoms in total. The zero-order valence-corrected chi connectivity index (χ0v) is 12.4. The minimum atomic E-state index is -0.0176. The quantitative estimate of drug-likeness (QED) is 0.813. The van der Waals surface area contributed by atoms with Crippen LogP contribution in [0.15, 0.2) is 30.3 Å². The first kappa shape index (κ1) is 14.6. The molecule has 0 radical (unpaired) electrons. The van der Waals surface area contributed by atoms with E-state index in [1.165, 1.54) is 5.56 Å². The van der Waals surface area contributed by atoms with Crippen molar-refractivity contribution in [1.29, 1.82) is 0 Å². The van der Waals surface area contributed by atoms with Gasteiger partial charge in [-0.3, -0.25) is 5.10 Å². The second kappa shape index (κ2) is 7.10. The smallest absolute Gasteiger partial charge is 0.142 e. The molecule has 2 N–H and O–H groups in total. The van der Waals surface area contributed by atoms with E-state index in [4.69, 9.17) is 4.74 Å². The molecule has 1 heterocycles. The molecule has 2 aromatic rings. The summed E-state index contributed by atoms with van der Waals surface area (Å²) in [6.45, 7) is 8.04. The van der Waals surface area contributed by atoms with Crippen LogP contribution in [-0.2, 0) is 6.54 Å². The lowest BCUT2D eigenvalue weighted by Crippen LogP contribution is -2.16. The highest BCUT2D eigenvalue weighted by Crippen LogP contribution is 2.26. The Kier molecular flexibility index (Phi) is 5.18. The molecule has 0 spiro atoms. The number of nitrogens with zero attached hydrogens (tertiary/aromatic N) is 1. The van der Waals surface area contributed by atoms with E-state index in [1.54, 1.807) is 0 Å². The fourth-order valence-electron chi connectivity index (χ4n) is 2.21. The standard InChI is InChI=1S/C16H23N3O/c1-4-15(20-13-9-7-6-8-10-13)16-14(11-17-5-2)12(3)18-19-16/h6-10,15,17H,4-5,11H2,1-3H3,(H,18,19). The summed E-state index contributed by atoms with van der Waals surface area (Å²) < 4.78 is 6.07. The number of hydrogen-bond acceptors (Lipinski definition) is 3. The molecule has 1 unspecified atom stereocenters. The van der Waals surface area contributed by atoms with Gasteiger partial charge in [-0.15, -0.1) is 0 Å². The van der Waals surface area contributed by atoms with Crippen LogP contribution in [0.2, 0.25) is 0 Å². The number of hydrogen-bond donors (Lipinski definition) is 2. The van der Waals surface area contributed by atoms with E-state index in [0.717, 1.165) is 36.6 Å². The molecule has 0 saturated carbocycles. The van der Waals surface area contributed by atoms with Crippen LogP contribution in [0, 0.1) is 6.92 Å². The zero-order chi connectivity index (χ0) is 14.4. The first-order valence-corrected chi connectivity index (χ1v) is 7.22.